The van der Waals surface area contributed by atoms with Crippen LogP contribution in [-0.4, -0.2) is 5.11 Å². The highest BCUT2D eigenvalue weighted by atomic mass is 16.2. The summed E-state index contributed by atoms with van der Waals surface area (Å²) in [7, 11) is 0. The first kappa shape index (κ1) is 14.5. The molecule has 0 unspecified atom stereocenters. The third kappa shape index (κ3) is 9.84. The van der Waals surface area contributed by atoms with Crippen molar-refractivity contribution < 1.29 is 5.11 Å². The standard InChI is InChI=1S/C14H28O/c1-3-5-7-8-10-12-14(13-15)11-9-6-4-2/h13,15H,3-12H2,1-2H3/b14-13+. The van der Waals surface area contributed by atoms with Crippen LogP contribution in [0.25, 0.3) is 0 Å². The minimum absolute atomic E-state index is 1.10. The average molecular weight is 212 g/mol. The Hall–Kier alpha value is -0.460. The Labute approximate surface area is 95.6 Å². The number of rotatable bonds is 10. The van der Waals surface area contributed by atoms with E-state index >= 15 is 0 Å². The molecule has 0 aromatic rings. The summed E-state index contributed by atoms with van der Waals surface area (Å²) in [5.74, 6) is 0. The molecule has 0 radical (unpaired) electrons. The molecule has 0 rings (SSSR count). The van der Waals surface area contributed by atoms with Gasteiger partial charge in [-0.25, -0.2) is 0 Å². The molecule has 0 aliphatic rings. The molecule has 0 fully saturated rings. The van der Waals surface area contributed by atoms with E-state index in [-0.39, 0.29) is 0 Å². The first-order valence-corrected chi connectivity index (χ1v) is 6.67. The number of hydrogen-bond donors (Lipinski definition) is 1. The molecular formula is C14H28O. The highest BCUT2D eigenvalue weighted by molar-refractivity contribution is 4.96. The Morgan fingerprint density at radius 2 is 1.27 bits per heavy atom. The summed E-state index contributed by atoms with van der Waals surface area (Å²) in [6.07, 6.45) is 13.9. The average Bonchev–Trinajstić information content (AvgIpc) is 2.26. The maximum atomic E-state index is 9.07. The van der Waals surface area contributed by atoms with Crippen LogP contribution in [0.15, 0.2) is 11.8 Å². The SMILES string of the molecule is CCCCCCC/C(=C/O)CCCCC. The van der Waals surface area contributed by atoms with Gasteiger partial charge in [0.05, 0.1) is 6.26 Å². The molecule has 0 bridgehead atoms. The fraction of sp³-hybridized carbons (Fsp3) is 0.857. The number of aliphatic hydroxyl groups excluding tert-OH is 1. The summed E-state index contributed by atoms with van der Waals surface area (Å²) >= 11 is 0. The number of allylic oxidation sites excluding steroid dienone is 1. The van der Waals surface area contributed by atoms with E-state index in [2.05, 4.69) is 13.8 Å². The minimum Gasteiger partial charge on any atom is -0.516 e. The van der Waals surface area contributed by atoms with Crippen LogP contribution in [0, 0.1) is 0 Å². The number of unbranched alkanes of at least 4 members (excludes halogenated alkanes) is 6. The van der Waals surface area contributed by atoms with Crippen molar-refractivity contribution in [2.45, 2.75) is 78.1 Å². The van der Waals surface area contributed by atoms with Crippen LogP contribution in [0.3, 0.4) is 0 Å². The van der Waals surface area contributed by atoms with E-state index in [4.69, 9.17) is 5.11 Å². The Balaban J connectivity index is 3.37. The van der Waals surface area contributed by atoms with E-state index in [0.29, 0.717) is 0 Å². The van der Waals surface area contributed by atoms with Crippen molar-refractivity contribution in [2.75, 3.05) is 0 Å². The molecule has 0 heterocycles. The minimum atomic E-state index is 1.10. The normalized spacial score (nSPS) is 12.0. The Morgan fingerprint density at radius 3 is 1.80 bits per heavy atom. The summed E-state index contributed by atoms with van der Waals surface area (Å²) in [5.41, 5.74) is 1.25. The predicted molar refractivity (Wildman–Crippen MR) is 68.2 cm³/mol. The molecule has 0 spiro atoms. The maximum absolute atomic E-state index is 9.07. The van der Waals surface area contributed by atoms with Crippen molar-refractivity contribution >= 4 is 0 Å². The van der Waals surface area contributed by atoms with Crippen LogP contribution in [0.4, 0.5) is 0 Å². The summed E-state index contributed by atoms with van der Waals surface area (Å²) in [5, 5.41) is 9.07. The summed E-state index contributed by atoms with van der Waals surface area (Å²) in [4.78, 5) is 0. The number of aliphatic hydroxyl groups is 1. The van der Waals surface area contributed by atoms with Gasteiger partial charge in [0.1, 0.15) is 0 Å². The van der Waals surface area contributed by atoms with Crippen molar-refractivity contribution in [2.24, 2.45) is 0 Å². The molecule has 0 aliphatic heterocycles. The highest BCUT2D eigenvalue weighted by Crippen LogP contribution is 2.16. The van der Waals surface area contributed by atoms with Crippen molar-refractivity contribution in [3.63, 3.8) is 0 Å². The first-order chi connectivity index (χ1) is 7.35. The van der Waals surface area contributed by atoms with E-state index in [9.17, 15) is 0 Å². The summed E-state index contributed by atoms with van der Waals surface area (Å²) in [6.45, 7) is 4.46. The Kier molecular flexibility index (Phi) is 11.3. The largest absolute Gasteiger partial charge is 0.516 e. The van der Waals surface area contributed by atoms with E-state index in [1.165, 1.54) is 63.2 Å². The van der Waals surface area contributed by atoms with Gasteiger partial charge in [-0.3, -0.25) is 0 Å². The molecule has 0 saturated carbocycles. The van der Waals surface area contributed by atoms with E-state index in [0.717, 1.165) is 12.8 Å². The number of hydrogen-bond acceptors (Lipinski definition) is 1. The highest BCUT2D eigenvalue weighted by Gasteiger charge is 1.98. The van der Waals surface area contributed by atoms with Gasteiger partial charge in [-0.1, -0.05) is 52.4 Å². The third-order valence-electron chi connectivity index (χ3n) is 2.89. The molecule has 0 amide bonds. The van der Waals surface area contributed by atoms with Crippen molar-refractivity contribution in [3.8, 4) is 0 Å². The molecule has 1 nitrogen and oxygen atoms in total. The zero-order valence-corrected chi connectivity index (χ0v) is 10.6. The second-order valence-electron chi connectivity index (χ2n) is 4.41. The Bertz CT molecular complexity index is 149. The Morgan fingerprint density at radius 1 is 0.800 bits per heavy atom. The van der Waals surface area contributed by atoms with E-state index in [1.807, 2.05) is 0 Å². The fourth-order valence-corrected chi connectivity index (χ4v) is 1.81. The molecule has 0 saturated heterocycles. The molecule has 1 heteroatoms. The van der Waals surface area contributed by atoms with Crippen LogP contribution in [-0.2, 0) is 0 Å². The maximum Gasteiger partial charge on any atom is 0.0783 e. The van der Waals surface area contributed by atoms with Crippen molar-refractivity contribution in [1.82, 2.24) is 0 Å². The van der Waals surface area contributed by atoms with Gasteiger partial charge >= 0.3 is 0 Å². The zero-order chi connectivity index (χ0) is 11.4. The summed E-state index contributed by atoms with van der Waals surface area (Å²) in [6, 6.07) is 0. The van der Waals surface area contributed by atoms with Crippen LogP contribution >= 0.6 is 0 Å². The van der Waals surface area contributed by atoms with Gasteiger partial charge in [0.2, 0.25) is 0 Å². The van der Waals surface area contributed by atoms with Gasteiger partial charge in [0, 0.05) is 0 Å². The van der Waals surface area contributed by atoms with Gasteiger partial charge in [-0.05, 0) is 31.3 Å². The fourth-order valence-electron chi connectivity index (χ4n) is 1.81. The predicted octanol–water partition coefficient (Wildman–Crippen LogP) is 5.37. The molecular weight excluding hydrogens is 184 g/mol. The van der Waals surface area contributed by atoms with Gasteiger partial charge in [0.15, 0.2) is 0 Å². The van der Waals surface area contributed by atoms with Crippen LogP contribution in [0.5, 0.6) is 0 Å². The van der Waals surface area contributed by atoms with Gasteiger partial charge < -0.3 is 5.11 Å². The third-order valence-corrected chi connectivity index (χ3v) is 2.89. The van der Waals surface area contributed by atoms with Gasteiger partial charge in [-0.2, -0.15) is 0 Å². The smallest absolute Gasteiger partial charge is 0.0783 e. The lowest BCUT2D eigenvalue weighted by atomic mass is 10.0. The van der Waals surface area contributed by atoms with Crippen LogP contribution in [0.2, 0.25) is 0 Å². The second-order valence-corrected chi connectivity index (χ2v) is 4.41. The second kappa shape index (κ2) is 11.6. The van der Waals surface area contributed by atoms with Gasteiger partial charge in [-0.15, -0.1) is 0 Å². The molecule has 1 N–H and O–H groups in total. The van der Waals surface area contributed by atoms with Crippen molar-refractivity contribution in [1.29, 1.82) is 0 Å². The quantitative estimate of drug-likeness (QED) is 0.381. The molecule has 0 aromatic carbocycles. The molecule has 15 heavy (non-hydrogen) atoms. The van der Waals surface area contributed by atoms with E-state index in [1.54, 1.807) is 0 Å². The zero-order valence-electron chi connectivity index (χ0n) is 10.6. The van der Waals surface area contributed by atoms with Crippen molar-refractivity contribution in [3.05, 3.63) is 11.8 Å². The lowest BCUT2D eigenvalue weighted by molar-refractivity contribution is 0.457. The monoisotopic (exact) mass is 212 g/mol. The molecule has 0 atom stereocenters. The van der Waals surface area contributed by atoms with Crippen LogP contribution in [0.1, 0.15) is 78.1 Å². The topological polar surface area (TPSA) is 20.2 Å². The lowest BCUT2D eigenvalue weighted by Crippen LogP contribution is -1.87. The molecule has 0 aromatic heterocycles. The first-order valence-electron chi connectivity index (χ1n) is 6.67. The van der Waals surface area contributed by atoms with Gasteiger partial charge in [0.25, 0.3) is 0 Å². The van der Waals surface area contributed by atoms with E-state index < -0.39 is 0 Å². The molecule has 90 valence electrons. The molecule has 0 aliphatic carbocycles. The van der Waals surface area contributed by atoms with Crippen LogP contribution < -0.4 is 0 Å². The summed E-state index contributed by atoms with van der Waals surface area (Å²) < 4.78 is 0. The lowest BCUT2D eigenvalue weighted by Gasteiger charge is -2.05.